The fraction of sp³-hybridized carbons (Fsp3) is 0.348. The van der Waals surface area contributed by atoms with Gasteiger partial charge in [0.25, 0.3) is 0 Å². The molecule has 1 fully saturated rings. The molecule has 6 heteroatoms. The standard InChI is InChI=1S/C23H24ClN3O2/c24-20-5-6-22-18(14-20)15-26(7-12-29-22)16-19-13-17-3-1-2-4-21(17)25-23(19)27-8-10-28-11-9-27/h1-6,13-14H,7-12,15-16H2. The van der Waals surface area contributed by atoms with E-state index in [2.05, 4.69) is 34.1 Å². The number of nitrogens with zero attached hydrogens (tertiary/aromatic N) is 3. The minimum atomic E-state index is 0.669. The zero-order valence-corrected chi connectivity index (χ0v) is 17.1. The molecule has 0 radical (unpaired) electrons. The van der Waals surface area contributed by atoms with E-state index in [-0.39, 0.29) is 0 Å². The predicted octanol–water partition coefficient (Wildman–Crippen LogP) is 4.12. The van der Waals surface area contributed by atoms with Crippen LogP contribution in [0.5, 0.6) is 5.75 Å². The van der Waals surface area contributed by atoms with Gasteiger partial charge in [0.1, 0.15) is 18.2 Å². The number of fused-ring (bicyclic) bond motifs is 2. The third-order valence-electron chi connectivity index (χ3n) is 5.57. The number of rotatable bonds is 3. The van der Waals surface area contributed by atoms with Crippen molar-refractivity contribution < 1.29 is 9.47 Å². The molecule has 5 nitrogen and oxygen atoms in total. The first-order chi connectivity index (χ1) is 14.3. The smallest absolute Gasteiger partial charge is 0.133 e. The molecule has 5 rings (SSSR count). The highest BCUT2D eigenvalue weighted by molar-refractivity contribution is 6.30. The van der Waals surface area contributed by atoms with E-state index in [0.717, 1.165) is 73.6 Å². The molecule has 2 aromatic carbocycles. The molecule has 0 bridgehead atoms. The van der Waals surface area contributed by atoms with Crippen LogP contribution in [0.3, 0.4) is 0 Å². The van der Waals surface area contributed by atoms with E-state index in [1.54, 1.807) is 0 Å². The van der Waals surface area contributed by atoms with Crippen LogP contribution in [0.1, 0.15) is 11.1 Å². The summed E-state index contributed by atoms with van der Waals surface area (Å²) in [7, 11) is 0. The van der Waals surface area contributed by atoms with Gasteiger partial charge < -0.3 is 14.4 Å². The molecule has 0 N–H and O–H groups in total. The van der Waals surface area contributed by atoms with E-state index < -0.39 is 0 Å². The fourth-order valence-corrected chi connectivity index (χ4v) is 4.30. The highest BCUT2D eigenvalue weighted by Crippen LogP contribution is 2.30. The van der Waals surface area contributed by atoms with Gasteiger partial charge in [0.05, 0.1) is 18.7 Å². The van der Waals surface area contributed by atoms with Crippen LogP contribution < -0.4 is 9.64 Å². The van der Waals surface area contributed by atoms with Crippen LogP contribution in [0.15, 0.2) is 48.5 Å². The van der Waals surface area contributed by atoms with Gasteiger partial charge >= 0.3 is 0 Å². The normalized spacial score (nSPS) is 17.6. The molecule has 150 valence electrons. The molecule has 3 aromatic rings. The lowest BCUT2D eigenvalue weighted by Crippen LogP contribution is -2.38. The van der Waals surface area contributed by atoms with Crippen molar-refractivity contribution in [3.63, 3.8) is 0 Å². The summed E-state index contributed by atoms with van der Waals surface area (Å²) in [5.74, 6) is 2.01. The first kappa shape index (κ1) is 18.7. The van der Waals surface area contributed by atoms with Gasteiger partial charge in [0.15, 0.2) is 0 Å². The molecule has 1 aromatic heterocycles. The molecular weight excluding hydrogens is 386 g/mol. The Kier molecular flexibility index (Phi) is 5.27. The first-order valence-electron chi connectivity index (χ1n) is 10.1. The zero-order chi connectivity index (χ0) is 19.6. The average Bonchev–Trinajstić information content (AvgIpc) is 2.95. The molecule has 3 heterocycles. The summed E-state index contributed by atoms with van der Waals surface area (Å²) >= 11 is 6.23. The maximum absolute atomic E-state index is 6.23. The molecule has 2 aliphatic heterocycles. The van der Waals surface area contributed by atoms with Gasteiger partial charge in [-0.1, -0.05) is 29.8 Å². The Hall–Kier alpha value is -2.34. The van der Waals surface area contributed by atoms with Crippen LogP contribution in [-0.2, 0) is 17.8 Å². The van der Waals surface area contributed by atoms with Crippen molar-refractivity contribution in [2.24, 2.45) is 0 Å². The number of anilines is 1. The van der Waals surface area contributed by atoms with Crippen LogP contribution in [0, 0.1) is 0 Å². The largest absolute Gasteiger partial charge is 0.492 e. The molecular formula is C23H24ClN3O2. The predicted molar refractivity (Wildman–Crippen MR) is 116 cm³/mol. The van der Waals surface area contributed by atoms with E-state index >= 15 is 0 Å². The Balaban J connectivity index is 1.48. The van der Waals surface area contributed by atoms with Gasteiger partial charge in [-0.25, -0.2) is 4.98 Å². The molecule has 0 atom stereocenters. The molecule has 1 saturated heterocycles. The summed E-state index contributed by atoms with van der Waals surface area (Å²) in [6.07, 6.45) is 0. The molecule has 0 aliphatic carbocycles. The fourth-order valence-electron chi connectivity index (χ4n) is 4.11. The van der Waals surface area contributed by atoms with E-state index in [4.69, 9.17) is 26.1 Å². The summed E-state index contributed by atoms with van der Waals surface area (Å²) in [5, 5.41) is 1.92. The summed E-state index contributed by atoms with van der Waals surface area (Å²) in [6, 6.07) is 16.5. The second-order valence-electron chi connectivity index (χ2n) is 7.57. The summed E-state index contributed by atoms with van der Waals surface area (Å²) in [5.41, 5.74) is 3.42. The SMILES string of the molecule is Clc1ccc2c(c1)CN(Cc1cc3ccccc3nc1N1CCOCC1)CCO2. The zero-order valence-electron chi connectivity index (χ0n) is 16.3. The maximum Gasteiger partial charge on any atom is 0.133 e. The molecule has 0 unspecified atom stereocenters. The number of ether oxygens (including phenoxy) is 2. The van der Waals surface area contributed by atoms with Gasteiger partial charge in [0, 0.05) is 54.3 Å². The number of hydrogen-bond donors (Lipinski definition) is 0. The van der Waals surface area contributed by atoms with Crippen molar-refractivity contribution >= 4 is 28.3 Å². The van der Waals surface area contributed by atoms with Gasteiger partial charge in [-0.3, -0.25) is 4.90 Å². The Morgan fingerprint density at radius 3 is 2.72 bits per heavy atom. The van der Waals surface area contributed by atoms with E-state index in [0.29, 0.717) is 6.61 Å². The second kappa shape index (κ2) is 8.19. The van der Waals surface area contributed by atoms with Gasteiger partial charge in [-0.2, -0.15) is 0 Å². The van der Waals surface area contributed by atoms with E-state index in [9.17, 15) is 0 Å². The maximum atomic E-state index is 6.23. The van der Waals surface area contributed by atoms with Crippen molar-refractivity contribution in [2.75, 3.05) is 44.4 Å². The van der Waals surface area contributed by atoms with Gasteiger partial charge in [-0.15, -0.1) is 0 Å². The van der Waals surface area contributed by atoms with Gasteiger partial charge in [-0.05, 0) is 30.3 Å². The number of morpholine rings is 1. The number of benzene rings is 2. The molecule has 29 heavy (non-hydrogen) atoms. The lowest BCUT2D eigenvalue weighted by molar-refractivity contribution is 0.122. The highest BCUT2D eigenvalue weighted by Gasteiger charge is 2.21. The monoisotopic (exact) mass is 409 g/mol. The average molecular weight is 410 g/mol. The number of para-hydroxylation sites is 1. The van der Waals surface area contributed by atoms with Crippen molar-refractivity contribution in [1.82, 2.24) is 9.88 Å². The first-order valence-corrected chi connectivity index (χ1v) is 10.5. The molecule has 0 amide bonds. The van der Waals surface area contributed by atoms with E-state index in [1.807, 2.05) is 24.3 Å². The molecule has 0 spiro atoms. The number of hydrogen-bond acceptors (Lipinski definition) is 5. The Labute approximate surface area is 175 Å². The van der Waals surface area contributed by atoms with Crippen LogP contribution >= 0.6 is 11.6 Å². The highest BCUT2D eigenvalue weighted by atomic mass is 35.5. The van der Waals surface area contributed by atoms with Crippen molar-refractivity contribution in [3.05, 3.63) is 64.7 Å². The van der Waals surface area contributed by atoms with Crippen LogP contribution in [0.4, 0.5) is 5.82 Å². The topological polar surface area (TPSA) is 37.8 Å². The minimum Gasteiger partial charge on any atom is -0.492 e. The van der Waals surface area contributed by atoms with Crippen molar-refractivity contribution in [3.8, 4) is 5.75 Å². The Morgan fingerprint density at radius 2 is 1.83 bits per heavy atom. The molecule has 0 saturated carbocycles. The Bertz CT molecular complexity index is 1020. The quantitative estimate of drug-likeness (QED) is 0.650. The number of aromatic nitrogens is 1. The lowest BCUT2D eigenvalue weighted by atomic mass is 10.1. The van der Waals surface area contributed by atoms with E-state index in [1.165, 1.54) is 10.9 Å². The number of halogens is 1. The van der Waals surface area contributed by atoms with Crippen molar-refractivity contribution in [2.45, 2.75) is 13.1 Å². The summed E-state index contributed by atoms with van der Waals surface area (Å²) < 4.78 is 11.5. The Morgan fingerprint density at radius 1 is 0.966 bits per heavy atom. The minimum absolute atomic E-state index is 0.669. The summed E-state index contributed by atoms with van der Waals surface area (Å²) in [6.45, 7) is 6.41. The van der Waals surface area contributed by atoms with Crippen LogP contribution in [-0.4, -0.2) is 49.3 Å². The van der Waals surface area contributed by atoms with Crippen molar-refractivity contribution in [1.29, 1.82) is 0 Å². The van der Waals surface area contributed by atoms with Gasteiger partial charge in [0.2, 0.25) is 0 Å². The number of pyridine rings is 1. The summed E-state index contributed by atoms with van der Waals surface area (Å²) in [4.78, 5) is 9.80. The third kappa shape index (κ3) is 4.04. The van der Waals surface area contributed by atoms with Crippen LogP contribution in [0.25, 0.3) is 10.9 Å². The molecule has 2 aliphatic rings. The second-order valence-corrected chi connectivity index (χ2v) is 8.01. The van der Waals surface area contributed by atoms with Crippen LogP contribution in [0.2, 0.25) is 5.02 Å². The third-order valence-corrected chi connectivity index (χ3v) is 5.80. The lowest BCUT2D eigenvalue weighted by Gasteiger charge is -2.31.